The Kier molecular flexibility index (Phi) is 4.88. The van der Waals surface area contributed by atoms with Crippen molar-refractivity contribution in [3.63, 3.8) is 0 Å². The molecule has 2 heterocycles. The van der Waals surface area contributed by atoms with Crippen molar-refractivity contribution in [1.82, 2.24) is 9.47 Å². The average molecular weight is 314 g/mol. The van der Waals surface area contributed by atoms with Crippen LogP contribution in [0.2, 0.25) is 0 Å². The molecule has 4 heteroatoms. The largest absolute Gasteiger partial charge is 0.345 e. The summed E-state index contributed by atoms with van der Waals surface area (Å²) < 4.78 is 1.94. The summed E-state index contributed by atoms with van der Waals surface area (Å²) in [5.74, 6) is 1.23. The van der Waals surface area contributed by atoms with Crippen LogP contribution in [0.15, 0.2) is 48.8 Å². The van der Waals surface area contributed by atoms with E-state index < -0.39 is 0 Å². The third-order valence-corrected chi connectivity index (χ3v) is 5.52. The molecule has 1 aliphatic heterocycles. The first-order valence-electron chi connectivity index (χ1n) is 7.80. The fourth-order valence-corrected chi connectivity index (χ4v) is 4.27. The van der Waals surface area contributed by atoms with E-state index in [4.69, 9.17) is 0 Å². The van der Waals surface area contributed by atoms with Crippen LogP contribution in [0.3, 0.4) is 0 Å². The maximum absolute atomic E-state index is 12.4. The standard InChI is InChI=1S/C18H22N2OS/c1-15-6-2-3-7-16(15)17-8-11-20(12-13-22-17)18(21)14-19-9-4-5-10-19/h2-7,9-10,17H,8,11-14H2,1H3. The summed E-state index contributed by atoms with van der Waals surface area (Å²) in [6, 6.07) is 12.5. The molecule has 0 saturated carbocycles. The number of aryl methyl sites for hydroxylation is 1. The van der Waals surface area contributed by atoms with Gasteiger partial charge in [0.1, 0.15) is 6.54 Å². The number of hydrogen-bond donors (Lipinski definition) is 0. The summed E-state index contributed by atoms with van der Waals surface area (Å²) in [5, 5.41) is 0.505. The molecule has 0 bridgehead atoms. The molecule has 0 aliphatic carbocycles. The van der Waals surface area contributed by atoms with Gasteiger partial charge in [0.05, 0.1) is 0 Å². The average Bonchev–Trinajstić information content (AvgIpc) is 2.90. The summed E-state index contributed by atoms with van der Waals surface area (Å²) in [7, 11) is 0. The Bertz CT molecular complexity index is 624. The molecule has 3 nitrogen and oxygen atoms in total. The minimum Gasteiger partial charge on any atom is -0.345 e. The molecule has 1 amide bonds. The van der Waals surface area contributed by atoms with Gasteiger partial charge in [-0.2, -0.15) is 11.8 Å². The van der Waals surface area contributed by atoms with Crippen LogP contribution < -0.4 is 0 Å². The van der Waals surface area contributed by atoms with Gasteiger partial charge in [0.25, 0.3) is 0 Å². The van der Waals surface area contributed by atoms with E-state index >= 15 is 0 Å². The second kappa shape index (κ2) is 7.05. The normalized spacial score (nSPS) is 19.0. The van der Waals surface area contributed by atoms with Crippen LogP contribution in [0.25, 0.3) is 0 Å². The van der Waals surface area contributed by atoms with E-state index in [-0.39, 0.29) is 5.91 Å². The lowest BCUT2D eigenvalue weighted by Crippen LogP contribution is -2.35. The molecule has 0 N–H and O–H groups in total. The zero-order valence-corrected chi connectivity index (χ0v) is 13.8. The van der Waals surface area contributed by atoms with Crippen LogP contribution in [0.5, 0.6) is 0 Å². The number of benzene rings is 1. The molecule has 1 atom stereocenters. The molecule has 1 fully saturated rings. The minimum atomic E-state index is 0.224. The van der Waals surface area contributed by atoms with Crippen molar-refractivity contribution < 1.29 is 4.79 Å². The SMILES string of the molecule is Cc1ccccc1C1CCN(C(=O)Cn2cccc2)CCS1. The topological polar surface area (TPSA) is 25.2 Å². The van der Waals surface area contributed by atoms with Crippen molar-refractivity contribution >= 4 is 17.7 Å². The first kappa shape index (κ1) is 15.2. The highest BCUT2D eigenvalue weighted by atomic mass is 32.2. The van der Waals surface area contributed by atoms with E-state index in [9.17, 15) is 4.79 Å². The first-order valence-corrected chi connectivity index (χ1v) is 8.84. The summed E-state index contributed by atoms with van der Waals surface area (Å²) in [5.41, 5.74) is 2.78. The van der Waals surface area contributed by atoms with Gasteiger partial charge in [-0.1, -0.05) is 24.3 Å². The van der Waals surface area contributed by atoms with Crippen molar-refractivity contribution in [3.05, 3.63) is 59.9 Å². The number of nitrogens with zero attached hydrogens (tertiary/aromatic N) is 2. The Morgan fingerprint density at radius 3 is 2.73 bits per heavy atom. The quantitative estimate of drug-likeness (QED) is 0.866. The lowest BCUT2D eigenvalue weighted by atomic mass is 10.0. The van der Waals surface area contributed by atoms with Crippen LogP contribution in [-0.4, -0.2) is 34.2 Å². The van der Waals surface area contributed by atoms with Crippen molar-refractivity contribution in [2.45, 2.75) is 25.1 Å². The second-order valence-corrected chi connectivity index (χ2v) is 7.05. The Morgan fingerprint density at radius 2 is 1.95 bits per heavy atom. The second-order valence-electron chi connectivity index (χ2n) is 5.74. The molecule has 1 saturated heterocycles. The number of amides is 1. The Balaban J connectivity index is 1.62. The molecule has 3 rings (SSSR count). The number of rotatable bonds is 3. The predicted molar refractivity (Wildman–Crippen MR) is 92.0 cm³/mol. The highest BCUT2D eigenvalue weighted by molar-refractivity contribution is 7.99. The number of carbonyl (C=O) groups is 1. The fourth-order valence-electron chi connectivity index (χ4n) is 2.95. The molecule has 2 aromatic rings. The lowest BCUT2D eigenvalue weighted by Gasteiger charge is -2.21. The molecular weight excluding hydrogens is 292 g/mol. The molecule has 1 aromatic heterocycles. The van der Waals surface area contributed by atoms with E-state index in [1.54, 1.807) is 0 Å². The van der Waals surface area contributed by atoms with E-state index in [0.717, 1.165) is 25.3 Å². The third-order valence-electron chi connectivity index (χ3n) is 4.21. The van der Waals surface area contributed by atoms with E-state index in [0.29, 0.717) is 11.8 Å². The van der Waals surface area contributed by atoms with Gasteiger partial charge in [0, 0.05) is 36.5 Å². The molecule has 0 radical (unpaired) electrons. The van der Waals surface area contributed by atoms with Crippen molar-refractivity contribution in [3.8, 4) is 0 Å². The number of aromatic nitrogens is 1. The number of hydrogen-bond acceptors (Lipinski definition) is 2. The zero-order valence-electron chi connectivity index (χ0n) is 12.9. The van der Waals surface area contributed by atoms with Gasteiger partial charge in [-0.25, -0.2) is 0 Å². The van der Waals surface area contributed by atoms with Crippen LogP contribution in [0, 0.1) is 6.92 Å². The van der Waals surface area contributed by atoms with Crippen molar-refractivity contribution in [2.75, 3.05) is 18.8 Å². The van der Waals surface area contributed by atoms with Crippen LogP contribution >= 0.6 is 11.8 Å². The minimum absolute atomic E-state index is 0.224. The fraction of sp³-hybridized carbons (Fsp3) is 0.389. The van der Waals surface area contributed by atoms with Gasteiger partial charge in [-0.05, 0) is 36.6 Å². The Labute approximate surface area is 136 Å². The monoisotopic (exact) mass is 314 g/mol. The molecule has 1 aromatic carbocycles. The van der Waals surface area contributed by atoms with Gasteiger partial charge < -0.3 is 9.47 Å². The maximum Gasteiger partial charge on any atom is 0.242 e. The van der Waals surface area contributed by atoms with Crippen LogP contribution in [0.4, 0.5) is 0 Å². The third kappa shape index (κ3) is 3.55. The summed E-state index contributed by atoms with van der Waals surface area (Å²) >= 11 is 1.98. The van der Waals surface area contributed by atoms with E-state index in [1.165, 1.54) is 11.1 Å². The summed E-state index contributed by atoms with van der Waals surface area (Å²) in [6.45, 7) is 4.34. The van der Waals surface area contributed by atoms with Crippen molar-refractivity contribution in [1.29, 1.82) is 0 Å². The first-order chi connectivity index (χ1) is 10.7. The van der Waals surface area contributed by atoms with Crippen LogP contribution in [0.1, 0.15) is 22.8 Å². The molecule has 1 unspecified atom stereocenters. The van der Waals surface area contributed by atoms with E-state index in [1.807, 2.05) is 45.8 Å². The van der Waals surface area contributed by atoms with E-state index in [2.05, 4.69) is 31.2 Å². The smallest absolute Gasteiger partial charge is 0.242 e. The van der Waals surface area contributed by atoms with Gasteiger partial charge in [-0.3, -0.25) is 4.79 Å². The van der Waals surface area contributed by atoms with Crippen LogP contribution in [-0.2, 0) is 11.3 Å². The van der Waals surface area contributed by atoms with Gasteiger partial charge in [0.15, 0.2) is 0 Å². The Morgan fingerprint density at radius 1 is 1.18 bits per heavy atom. The summed E-state index contributed by atoms with van der Waals surface area (Å²) in [6.07, 6.45) is 4.92. The zero-order chi connectivity index (χ0) is 15.4. The van der Waals surface area contributed by atoms with Gasteiger partial charge in [0.2, 0.25) is 5.91 Å². The molecule has 1 aliphatic rings. The highest BCUT2D eigenvalue weighted by Gasteiger charge is 2.22. The molecule has 0 spiro atoms. The molecular formula is C18H22N2OS. The maximum atomic E-state index is 12.4. The summed E-state index contributed by atoms with van der Waals surface area (Å²) in [4.78, 5) is 14.4. The number of thioether (sulfide) groups is 1. The van der Waals surface area contributed by atoms with Gasteiger partial charge in [-0.15, -0.1) is 0 Å². The predicted octanol–water partition coefficient (Wildman–Crippen LogP) is 3.50. The Hall–Kier alpha value is -1.68. The highest BCUT2D eigenvalue weighted by Crippen LogP contribution is 2.35. The van der Waals surface area contributed by atoms with Gasteiger partial charge >= 0.3 is 0 Å². The molecule has 22 heavy (non-hydrogen) atoms. The lowest BCUT2D eigenvalue weighted by molar-refractivity contribution is -0.131. The number of carbonyl (C=O) groups excluding carboxylic acids is 1. The van der Waals surface area contributed by atoms with Crippen molar-refractivity contribution in [2.24, 2.45) is 0 Å². The molecule has 116 valence electrons.